The van der Waals surface area contributed by atoms with E-state index in [0.29, 0.717) is 12.8 Å². The van der Waals surface area contributed by atoms with Crippen LogP contribution in [0.25, 0.3) is 0 Å². The lowest BCUT2D eigenvalue weighted by atomic mass is 10.0. The van der Waals surface area contributed by atoms with Crippen molar-refractivity contribution in [2.75, 3.05) is 14.2 Å². The standard InChI is InChI=1S/C22H42O4/c1-25-21(23)19-17-15-13-11-9-7-5-3-4-6-8-10-12-14-16-18-20-22(24)26-2/h3-20H2,1-2H3. The second kappa shape index (κ2) is 20.3. The van der Waals surface area contributed by atoms with E-state index in [-0.39, 0.29) is 11.9 Å². The Bertz CT molecular complexity index is 296. The van der Waals surface area contributed by atoms with Gasteiger partial charge in [-0.1, -0.05) is 89.9 Å². The molecule has 26 heavy (non-hydrogen) atoms. The number of hydrogen-bond acceptors (Lipinski definition) is 4. The smallest absolute Gasteiger partial charge is 0.305 e. The summed E-state index contributed by atoms with van der Waals surface area (Å²) in [6.07, 6.45) is 21.4. The van der Waals surface area contributed by atoms with E-state index in [1.807, 2.05) is 0 Å². The summed E-state index contributed by atoms with van der Waals surface area (Å²) in [5.41, 5.74) is 0. The minimum Gasteiger partial charge on any atom is -0.469 e. The SMILES string of the molecule is COC(=O)CCCCCCCCCCCCCCCCCCC(=O)OC. The third-order valence-corrected chi connectivity index (χ3v) is 4.97. The van der Waals surface area contributed by atoms with Gasteiger partial charge in [0.2, 0.25) is 0 Å². The number of unbranched alkanes of at least 4 members (excludes halogenated alkanes) is 15. The lowest BCUT2D eigenvalue weighted by molar-refractivity contribution is -0.141. The van der Waals surface area contributed by atoms with Gasteiger partial charge in [0, 0.05) is 12.8 Å². The monoisotopic (exact) mass is 370 g/mol. The number of esters is 2. The van der Waals surface area contributed by atoms with Crippen molar-refractivity contribution in [3.63, 3.8) is 0 Å². The van der Waals surface area contributed by atoms with Crippen molar-refractivity contribution in [2.45, 2.75) is 116 Å². The Hall–Kier alpha value is -1.06. The highest BCUT2D eigenvalue weighted by atomic mass is 16.5. The molecule has 0 bridgehead atoms. The number of carbonyl (C=O) groups excluding carboxylic acids is 2. The van der Waals surface area contributed by atoms with E-state index in [9.17, 15) is 9.59 Å². The summed E-state index contributed by atoms with van der Waals surface area (Å²) in [7, 11) is 2.91. The van der Waals surface area contributed by atoms with E-state index in [4.69, 9.17) is 0 Å². The predicted molar refractivity (Wildman–Crippen MR) is 107 cm³/mol. The Morgan fingerprint density at radius 2 is 0.615 bits per heavy atom. The van der Waals surface area contributed by atoms with Crippen LogP contribution >= 0.6 is 0 Å². The van der Waals surface area contributed by atoms with Gasteiger partial charge >= 0.3 is 11.9 Å². The first-order valence-electron chi connectivity index (χ1n) is 10.8. The van der Waals surface area contributed by atoms with Crippen molar-refractivity contribution < 1.29 is 19.1 Å². The molecule has 0 N–H and O–H groups in total. The average molecular weight is 371 g/mol. The fourth-order valence-electron chi connectivity index (χ4n) is 3.22. The zero-order chi connectivity index (χ0) is 19.3. The van der Waals surface area contributed by atoms with Crippen molar-refractivity contribution in [3.05, 3.63) is 0 Å². The summed E-state index contributed by atoms with van der Waals surface area (Å²) in [5, 5.41) is 0. The van der Waals surface area contributed by atoms with Crippen molar-refractivity contribution in [3.8, 4) is 0 Å². The third kappa shape index (κ3) is 19.3. The molecule has 0 aliphatic carbocycles. The number of rotatable bonds is 19. The zero-order valence-corrected chi connectivity index (χ0v) is 17.4. The fourth-order valence-corrected chi connectivity index (χ4v) is 3.22. The van der Waals surface area contributed by atoms with Gasteiger partial charge in [0.15, 0.2) is 0 Å². The molecule has 0 atom stereocenters. The van der Waals surface area contributed by atoms with Crippen molar-refractivity contribution >= 4 is 11.9 Å². The largest absolute Gasteiger partial charge is 0.469 e. The van der Waals surface area contributed by atoms with Crippen molar-refractivity contribution in [2.24, 2.45) is 0 Å². The molecule has 0 aromatic heterocycles. The summed E-state index contributed by atoms with van der Waals surface area (Å²) in [6, 6.07) is 0. The van der Waals surface area contributed by atoms with E-state index >= 15 is 0 Å². The molecule has 0 aliphatic rings. The van der Waals surface area contributed by atoms with Gasteiger partial charge in [0.25, 0.3) is 0 Å². The van der Waals surface area contributed by atoms with Crippen LogP contribution in [0.1, 0.15) is 116 Å². The number of carbonyl (C=O) groups is 2. The van der Waals surface area contributed by atoms with E-state index in [1.165, 1.54) is 91.3 Å². The maximum absolute atomic E-state index is 11.0. The van der Waals surface area contributed by atoms with Crippen LogP contribution in [0, 0.1) is 0 Å². The maximum atomic E-state index is 11.0. The summed E-state index contributed by atoms with van der Waals surface area (Å²) >= 11 is 0. The molecular weight excluding hydrogens is 328 g/mol. The molecule has 0 spiro atoms. The minimum absolute atomic E-state index is 0.0800. The van der Waals surface area contributed by atoms with Crippen LogP contribution < -0.4 is 0 Å². The molecule has 0 rings (SSSR count). The van der Waals surface area contributed by atoms with Gasteiger partial charge in [-0.15, -0.1) is 0 Å². The fraction of sp³-hybridized carbons (Fsp3) is 0.909. The first-order valence-corrected chi connectivity index (χ1v) is 10.8. The maximum Gasteiger partial charge on any atom is 0.305 e. The van der Waals surface area contributed by atoms with Crippen LogP contribution in [0.2, 0.25) is 0 Å². The molecular formula is C22H42O4. The lowest BCUT2D eigenvalue weighted by Crippen LogP contribution is -1.99. The Morgan fingerprint density at radius 3 is 0.808 bits per heavy atom. The summed E-state index contributed by atoms with van der Waals surface area (Å²) in [6.45, 7) is 0. The summed E-state index contributed by atoms with van der Waals surface area (Å²) < 4.78 is 9.27. The van der Waals surface area contributed by atoms with E-state index in [0.717, 1.165) is 25.7 Å². The molecule has 0 heterocycles. The molecule has 4 heteroatoms. The van der Waals surface area contributed by atoms with E-state index in [2.05, 4.69) is 9.47 Å². The van der Waals surface area contributed by atoms with Gasteiger partial charge in [0.1, 0.15) is 0 Å². The molecule has 0 saturated carbocycles. The second-order valence-corrected chi connectivity index (χ2v) is 7.31. The average Bonchev–Trinajstić information content (AvgIpc) is 2.66. The molecule has 0 unspecified atom stereocenters. The quantitative estimate of drug-likeness (QED) is 0.196. The first kappa shape index (κ1) is 24.9. The molecule has 4 nitrogen and oxygen atoms in total. The number of ether oxygens (including phenoxy) is 2. The summed E-state index contributed by atoms with van der Waals surface area (Å²) in [4.78, 5) is 21.9. The van der Waals surface area contributed by atoms with Gasteiger partial charge < -0.3 is 9.47 Å². The van der Waals surface area contributed by atoms with Crippen LogP contribution in [-0.2, 0) is 19.1 Å². The normalized spacial score (nSPS) is 10.7. The highest BCUT2D eigenvalue weighted by Crippen LogP contribution is 2.14. The molecule has 0 aliphatic heterocycles. The van der Waals surface area contributed by atoms with Gasteiger partial charge in [-0.2, -0.15) is 0 Å². The Labute approximate surface area is 161 Å². The van der Waals surface area contributed by atoms with E-state index in [1.54, 1.807) is 0 Å². The second-order valence-electron chi connectivity index (χ2n) is 7.31. The Morgan fingerprint density at radius 1 is 0.423 bits per heavy atom. The highest BCUT2D eigenvalue weighted by molar-refractivity contribution is 5.69. The van der Waals surface area contributed by atoms with Crippen LogP contribution in [0.15, 0.2) is 0 Å². The van der Waals surface area contributed by atoms with Crippen LogP contribution in [0.3, 0.4) is 0 Å². The van der Waals surface area contributed by atoms with Crippen molar-refractivity contribution in [1.82, 2.24) is 0 Å². The van der Waals surface area contributed by atoms with Gasteiger partial charge in [-0.25, -0.2) is 0 Å². The van der Waals surface area contributed by atoms with Crippen LogP contribution in [0.5, 0.6) is 0 Å². The Balaban J connectivity index is 3.05. The molecule has 0 amide bonds. The van der Waals surface area contributed by atoms with Crippen LogP contribution in [0.4, 0.5) is 0 Å². The van der Waals surface area contributed by atoms with Crippen LogP contribution in [-0.4, -0.2) is 26.2 Å². The summed E-state index contributed by atoms with van der Waals surface area (Å²) in [5.74, 6) is -0.160. The lowest BCUT2D eigenvalue weighted by Gasteiger charge is -2.04. The van der Waals surface area contributed by atoms with Gasteiger partial charge in [0.05, 0.1) is 14.2 Å². The van der Waals surface area contributed by atoms with E-state index < -0.39 is 0 Å². The van der Waals surface area contributed by atoms with Gasteiger partial charge in [-0.3, -0.25) is 9.59 Å². The van der Waals surface area contributed by atoms with Gasteiger partial charge in [-0.05, 0) is 12.8 Å². The predicted octanol–water partition coefficient (Wildman–Crippen LogP) is 6.35. The number of methoxy groups -OCH3 is 2. The highest BCUT2D eigenvalue weighted by Gasteiger charge is 2.00. The molecule has 0 radical (unpaired) electrons. The number of hydrogen-bond donors (Lipinski definition) is 0. The topological polar surface area (TPSA) is 52.6 Å². The molecule has 0 aromatic carbocycles. The molecule has 154 valence electrons. The molecule has 0 saturated heterocycles. The molecule has 0 fully saturated rings. The zero-order valence-electron chi connectivity index (χ0n) is 17.4. The third-order valence-electron chi connectivity index (χ3n) is 4.97. The minimum atomic E-state index is -0.0800. The molecule has 0 aromatic rings. The van der Waals surface area contributed by atoms with Crippen molar-refractivity contribution in [1.29, 1.82) is 0 Å². The first-order chi connectivity index (χ1) is 12.7. The Kier molecular flexibility index (Phi) is 19.4.